The van der Waals surface area contributed by atoms with Crippen LogP contribution in [0.15, 0.2) is 12.2 Å². The summed E-state index contributed by atoms with van der Waals surface area (Å²) >= 11 is 0. The zero-order valence-corrected chi connectivity index (χ0v) is 27.4. The molecule has 0 bridgehead atoms. The van der Waals surface area contributed by atoms with E-state index in [1.54, 1.807) is 0 Å². The minimum atomic E-state index is -0.973. The van der Waals surface area contributed by atoms with Crippen molar-refractivity contribution in [1.29, 1.82) is 0 Å². The van der Waals surface area contributed by atoms with Crippen LogP contribution >= 0.6 is 0 Å². The van der Waals surface area contributed by atoms with Crippen molar-refractivity contribution in [2.75, 3.05) is 6.61 Å². The van der Waals surface area contributed by atoms with Crippen LogP contribution in [0.25, 0.3) is 0 Å². The Morgan fingerprint density at radius 3 is 2.26 bits per heavy atom. The molecule has 0 aromatic rings. The normalized spacial score (nSPS) is 44.4. The number of carboxylic acid groups (broad SMARTS) is 1. The van der Waals surface area contributed by atoms with Gasteiger partial charge in [0, 0.05) is 5.41 Å². The van der Waals surface area contributed by atoms with Crippen molar-refractivity contribution in [3.05, 3.63) is 12.2 Å². The summed E-state index contributed by atoms with van der Waals surface area (Å²) in [6, 6.07) is 0. The van der Waals surface area contributed by atoms with Gasteiger partial charge in [0.25, 0.3) is 0 Å². The SMILES string of the molecule is C#CCOC(=O)[C@]12CC[C@@H](C(=C)C)[C@@H]1[C@H]1CC[C@@H]3[C@@]4(C)CC[C@H](OC(=O)CCC(=O)O)C(C)(C)[C@@H]4CC[C@@]3(C)[C@]1(C)CC2. The standard InChI is InChI=1S/C37H54O6/c1-9-22-42-32(41)37-19-14-24(23(2)3)31(37)25-10-11-27-34(6)17-16-28(43-30(40)13-12-29(38)39)33(4,5)26(34)15-18-36(27,8)35(25,7)20-21-37/h1,24-28,31H,2,10-22H2,3-8H3,(H,38,39)/t24-,25+,26-,27+,28-,31+,34-,35+,36+,37-/m0/s1. The molecule has 6 heteroatoms. The number of carboxylic acids is 1. The maximum atomic E-state index is 13.7. The lowest BCUT2D eigenvalue weighted by molar-refractivity contribution is -0.250. The van der Waals surface area contributed by atoms with Crippen LogP contribution in [-0.2, 0) is 23.9 Å². The molecule has 5 aliphatic rings. The molecule has 0 aromatic heterocycles. The molecular weight excluding hydrogens is 540 g/mol. The monoisotopic (exact) mass is 594 g/mol. The minimum absolute atomic E-state index is 0.0398. The lowest BCUT2D eigenvalue weighted by Gasteiger charge is -2.72. The summed E-state index contributed by atoms with van der Waals surface area (Å²) in [6.07, 6.45) is 15.1. The summed E-state index contributed by atoms with van der Waals surface area (Å²) in [6.45, 7) is 18.8. The highest BCUT2D eigenvalue weighted by Crippen LogP contribution is 2.77. The fraction of sp³-hybridized carbons (Fsp3) is 0.811. The molecule has 0 aromatic carbocycles. The van der Waals surface area contributed by atoms with Gasteiger partial charge in [0.2, 0.25) is 0 Å². The topological polar surface area (TPSA) is 89.9 Å². The highest BCUT2D eigenvalue weighted by atomic mass is 16.5. The molecule has 43 heavy (non-hydrogen) atoms. The minimum Gasteiger partial charge on any atom is -0.481 e. The Hall–Kier alpha value is -2.29. The van der Waals surface area contributed by atoms with E-state index in [-0.39, 0.29) is 59.1 Å². The lowest BCUT2D eigenvalue weighted by atomic mass is 9.32. The van der Waals surface area contributed by atoms with Gasteiger partial charge in [-0.3, -0.25) is 14.4 Å². The van der Waals surface area contributed by atoms with Crippen LogP contribution in [0.1, 0.15) is 119 Å². The predicted octanol–water partition coefficient (Wildman–Crippen LogP) is 7.60. The van der Waals surface area contributed by atoms with E-state index in [1.165, 1.54) is 5.57 Å². The molecule has 10 atom stereocenters. The van der Waals surface area contributed by atoms with E-state index in [2.05, 4.69) is 54.0 Å². The number of allylic oxidation sites excluding steroid dienone is 1. The van der Waals surface area contributed by atoms with Crippen molar-refractivity contribution in [3.63, 3.8) is 0 Å². The molecular formula is C37H54O6. The van der Waals surface area contributed by atoms with Gasteiger partial charge in [0.15, 0.2) is 6.61 Å². The molecule has 5 aliphatic carbocycles. The van der Waals surface area contributed by atoms with Gasteiger partial charge in [0.1, 0.15) is 6.10 Å². The Kier molecular flexibility index (Phi) is 8.18. The Bertz CT molecular complexity index is 1210. The van der Waals surface area contributed by atoms with Gasteiger partial charge in [-0.15, -0.1) is 6.42 Å². The van der Waals surface area contributed by atoms with Gasteiger partial charge in [-0.2, -0.15) is 0 Å². The third kappa shape index (κ3) is 4.69. The molecule has 5 saturated carbocycles. The summed E-state index contributed by atoms with van der Waals surface area (Å²) in [7, 11) is 0. The molecule has 0 unspecified atom stereocenters. The number of rotatable bonds is 7. The molecule has 6 nitrogen and oxygen atoms in total. The summed E-state index contributed by atoms with van der Waals surface area (Å²) in [5.74, 6) is 3.04. The second-order valence-electron chi connectivity index (χ2n) is 16.4. The zero-order chi connectivity index (χ0) is 31.6. The maximum Gasteiger partial charge on any atom is 0.313 e. The van der Waals surface area contributed by atoms with E-state index < -0.39 is 17.4 Å². The van der Waals surface area contributed by atoms with Gasteiger partial charge < -0.3 is 14.6 Å². The number of carbonyl (C=O) groups is 3. The highest BCUT2D eigenvalue weighted by Gasteiger charge is 2.72. The van der Waals surface area contributed by atoms with Crippen LogP contribution in [0.5, 0.6) is 0 Å². The molecule has 5 fully saturated rings. The van der Waals surface area contributed by atoms with Crippen LogP contribution in [0, 0.1) is 69.0 Å². The molecule has 0 aliphatic heterocycles. The average molecular weight is 595 g/mol. The molecule has 0 heterocycles. The third-order valence-corrected chi connectivity index (χ3v) is 14.5. The predicted molar refractivity (Wildman–Crippen MR) is 166 cm³/mol. The van der Waals surface area contributed by atoms with E-state index >= 15 is 0 Å². The summed E-state index contributed by atoms with van der Waals surface area (Å²) in [5, 5.41) is 9.02. The number of hydrogen-bond donors (Lipinski definition) is 1. The van der Waals surface area contributed by atoms with Crippen LogP contribution in [-0.4, -0.2) is 35.7 Å². The first-order valence-corrected chi connectivity index (χ1v) is 16.8. The van der Waals surface area contributed by atoms with Crippen molar-refractivity contribution >= 4 is 17.9 Å². The molecule has 238 valence electrons. The zero-order valence-electron chi connectivity index (χ0n) is 27.4. The number of terminal acetylenes is 1. The van der Waals surface area contributed by atoms with E-state index in [0.29, 0.717) is 23.7 Å². The largest absolute Gasteiger partial charge is 0.481 e. The molecule has 0 spiro atoms. The third-order valence-electron chi connectivity index (χ3n) is 14.5. The number of carbonyl (C=O) groups excluding carboxylic acids is 2. The smallest absolute Gasteiger partial charge is 0.313 e. The van der Waals surface area contributed by atoms with E-state index in [9.17, 15) is 14.4 Å². The van der Waals surface area contributed by atoms with Crippen LogP contribution in [0.4, 0.5) is 0 Å². The number of esters is 2. The lowest BCUT2D eigenvalue weighted by Crippen LogP contribution is -2.67. The number of hydrogen-bond acceptors (Lipinski definition) is 5. The van der Waals surface area contributed by atoms with Gasteiger partial charge in [-0.25, -0.2) is 0 Å². The van der Waals surface area contributed by atoms with Gasteiger partial charge in [-0.1, -0.05) is 52.7 Å². The first-order valence-electron chi connectivity index (χ1n) is 16.8. The van der Waals surface area contributed by atoms with Crippen LogP contribution in [0.3, 0.4) is 0 Å². The van der Waals surface area contributed by atoms with Crippen molar-refractivity contribution in [2.45, 2.75) is 125 Å². The summed E-state index contributed by atoms with van der Waals surface area (Å²) in [5.41, 5.74) is 0.912. The Balaban J connectivity index is 1.43. The fourth-order valence-corrected chi connectivity index (χ4v) is 12.4. The highest BCUT2D eigenvalue weighted by molar-refractivity contribution is 5.78. The summed E-state index contributed by atoms with van der Waals surface area (Å²) < 4.78 is 11.7. The molecule has 0 saturated heterocycles. The van der Waals surface area contributed by atoms with Crippen molar-refractivity contribution in [3.8, 4) is 12.3 Å². The fourth-order valence-electron chi connectivity index (χ4n) is 12.4. The second-order valence-corrected chi connectivity index (χ2v) is 16.4. The average Bonchev–Trinajstić information content (AvgIpc) is 3.34. The quantitative estimate of drug-likeness (QED) is 0.185. The second kappa shape index (κ2) is 11.0. The van der Waals surface area contributed by atoms with Crippen molar-refractivity contribution < 1.29 is 29.0 Å². The van der Waals surface area contributed by atoms with E-state index in [4.69, 9.17) is 21.0 Å². The molecule has 0 radical (unpaired) electrons. The first-order chi connectivity index (χ1) is 20.1. The summed E-state index contributed by atoms with van der Waals surface area (Å²) in [4.78, 5) is 37.3. The van der Waals surface area contributed by atoms with Crippen LogP contribution in [0.2, 0.25) is 0 Å². The Labute approximate surface area is 259 Å². The number of ether oxygens (including phenoxy) is 2. The number of aliphatic carboxylic acids is 1. The van der Waals surface area contributed by atoms with Gasteiger partial charge in [0.05, 0.1) is 18.3 Å². The van der Waals surface area contributed by atoms with Crippen LogP contribution < -0.4 is 0 Å². The molecule has 0 amide bonds. The maximum absolute atomic E-state index is 13.7. The van der Waals surface area contributed by atoms with E-state index in [0.717, 1.165) is 64.2 Å². The first kappa shape index (κ1) is 32.1. The molecule has 1 N–H and O–H groups in total. The van der Waals surface area contributed by atoms with Gasteiger partial charge >= 0.3 is 17.9 Å². The van der Waals surface area contributed by atoms with Gasteiger partial charge in [-0.05, 0) is 117 Å². The number of fused-ring (bicyclic) bond motifs is 7. The van der Waals surface area contributed by atoms with Crippen molar-refractivity contribution in [2.24, 2.45) is 56.7 Å². The van der Waals surface area contributed by atoms with Crippen molar-refractivity contribution in [1.82, 2.24) is 0 Å². The Morgan fingerprint density at radius 1 is 0.884 bits per heavy atom. The molecule has 5 rings (SSSR count). The Morgan fingerprint density at radius 2 is 1.60 bits per heavy atom. The van der Waals surface area contributed by atoms with E-state index in [1.807, 2.05) is 0 Å².